The minimum atomic E-state index is -0.390. The molecule has 5 rings (SSSR count). The molecule has 3 aromatic heterocycles. The van der Waals surface area contributed by atoms with Gasteiger partial charge in [-0.25, -0.2) is 9.97 Å². The fraction of sp³-hybridized carbons (Fsp3) is 0.125. The van der Waals surface area contributed by atoms with Gasteiger partial charge in [0.2, 0.25) is 0 Å². The summed E-state index contributed by atoms with van der Waals surface area (Å²) in [5.41, 5.74) is 9.52. The zero-order chi connectivity index (χ0) is 22.9. The molecule has 1 amide bonds. The van der Waals surface area contributed by atoms with Crippen LogP contribution in [0.25, 0.3) is 27.9 Å². The van der Waals surface area contributed by atoms with Crippen molar-refractivity contribution in [3.05, 3.63) is 72.2 Å². The Morgan fingerprint density at radius 1 is 1.06 bits per heavy atom. The summed E-state index contributed by atoms with van der Waals surface area (Å²) in [7, 11) is 3.13. The second-order valence-electron chi connectivity index (χ2n) is 7.28. The Morgan fingerprint density at radius 2 is 1.85 bits per heavy atom. The lowest BCUT2D eigenvalue weighted by molar-refractivity contribution is 0.0950. The summed E-state index contributed by atoms with van der Waals surface area (Å²) < 4.78 is 17.9. The Kier molecular flexibility index (Phi) is 5.06. The average Bonchev–Trinajstić information content (AvgIpc) is 3.46. The van der Waals surface area contributed by atoms with E-state index in [4.69, 9.17) is 29.6 Å². The van der Waals surface area contributed by atoms with E-state index in [2.05, 4.69) is 5.32 Å². The average molecular weight is 443 g/mol. The lowest BCUT2D eigenvalue weighted by Gasteiger charge is -2.14. The Morgan fingerprint density at radius 3 is 2.55 bits per heavy atom. The molecule has 9 heteroatoms. The van der Waals surface area contributed by atoms with Crippen molar-refractivity contribution in [2.75, 3.05) is 20.0 Å². The van der Waals surface area contributed by atoms with Crippen LogP contribution in [0.5, 0.6) is 11.5 Å². The fourth-order valence-corrected chi connectivity index (χ4v) is 3.77. The second kappa shape index (κ2) is 8.19. The number of nitrogen functional groups attached to an aromatic ring is 1. The number of benzene rings is 2. The molecule has 0 bridgehead atoms. The van der Waals surface area contributed by atoms with Crippen molar-refractivity contribution in [2.45, 2.75) is 6.54 Å². The van der Waals surface area contributed by atoms with Gasteiger partial charge in [-0.3, -0.25) is 9.36 Å². The zero-order valence-corrected chi connectivity index (χ0v) is 18.0. The van der Waals surface area contributed by atoms with E-state index in [0.717, 1.165) is 0 Å². The molecule has 0 saturated carbocycles. The highest BCUT2D eigenvalue weighted by atomic mass is 16.5. The molecule has 0 aliphatic rings. The number of nitrogens with two attached hydrogens (primary N) is 1. The van der Waals surface area contributed by atoms with Gasteiger partial charge in [-0.1, -0.05) is 12.1 Å². The first-order valence-corrected chi connectivity index (χ1v) is 10.2. The van der Waals surface area contributed by atoms with Gasteiger partial charge in [-0.2, -0.15) is 0 Å². The van der Waals surface area contributed by atoms with Gasteiger partial charge in [0, 0.05) is 6.07 Å². The molecule has 166 valence electrons. The highest BCUT2D eigenvalue weighted by molar-refractivity contribution is 6.11. The molecule has 33 heavy (non-hydrogen) atoms. The van der Waals surface area contributed by atoms with E-state index in [-0.39, 0.29) is 23.8 Å². The number of hydrogen-bond donors (Lipinski definition) is 2. The van der Waals surface area contributed by atoms with Crippen LogP contribution < -0.4 is 20.5 Å². The van der Waals surface area contributed by atoms with Gasteiger partial charge in [0.15, 0.2) is 5.65 Å². The molecule has 0 unspecified atom stereocenters. The maximum atomic E-state index is 13.3. The van der Waals surface area contributed by atoms with Crippen molar-refractivity contribution in [3.63, 3.8) is 0 Å². The molecule has 0 aliphatic heterocycles. The number of amides is 1. The summed E-state index contributed by atoms with van der Waals surface area (Å²) in [6.07, 6.45) is 1.55. The van der Waals surface area contributed by atoms with Crippen molar-refractivity contribution in [1.29, 1.82) is 0 Å². The van der Waals surface area contributed by atoms with E-state index in [9.17, 15) is 4.79 Å². The van der Waals surface area contributed by atoms with E-state index in [0.29, 0.717) is 45.1 Å². The lowest BCUT2D eigenvalue weighted by atomic mass is 10.2. The van der Waals surface area contributed by atoms with Crippen molar-refractivity contribution < 1.29 is 18.7 Å². The highest BCUT2D eigenvalue weighted by Crippen LogP contribution is 2.36. The predicted octanol–water partition coefficient (Wildman–Crippen LogP) is 3.70. The van der Waals surface area contributed by atoms with Gasteiger partial charge in [0.25, 0.3) is 5.91 Å². The van der Waals surface area contributed by atoms with Gasteiger partial charge in [0.05, 0.1) is 43.7 Å². The third-order valence-electron chi connectivity index (χ3n) is 5.36. The minimum absolute atomic E-state index is 0.184. The van der Waals surface area contributed by atoms with Crippen molar-refractivity contribution in [1.82, 2.24) is 19.9 Å². The van der Waals surface area contributed by atoms with Crippen LogP contribution in [-0.2, 0) is 6.54 Å². The topological polar surface area (TPSA) is 117 Å². The summed E-state index contributed by atoms with van der Waals surface area (Å²) in [6, 6.07) is 16.3. The molecule has 3 heterocycles. The smallest absolute Gasteiger partial charge is 0.257 e. The van der Waals surface area contributed by atoms with Crippen molar-refractivity contribution >= 4 is 33.9 Å². The maximum Gasteiger partial charge on any atom is 0.257 e. The number of nitrogens with zero attached hydrogens (tertiary/aromatic N) is 3. The number of para-hydroxylation sites is 2. The van der Waals surface area contributed by atoms with Gasteiger partial charge < -0.3 is 24.9 Å². The van der Waals surface area contributed by atoms with Crippen molar-refractivity contribution in [2.24, 2.45) is 0 Å². The van der Waals surface area contributed by atoms with Crippen LogP contribution in [0.15, 0.2) is 65.3 Å². The van der Waals surface area contributed by atoms with Crippen LogP contribution in [0.1, 0.15) is 16.1 Å². The molecule has 0 aliphatic carbocycles. The second-order valence-corrected chi connectivity index (χ2v) is 7.28. The largest absolute Gasteiger partial charge is 0.497 e. The molecule has 0 radical (unpaired) electrons. The van der Waals surface area contributed by atoms with Gasteiger partial charge in [-0.15, -0.1) is 0 Å². The monoisotopic (exact) mass is 443 g/mol. The molecule has 2 aromatic carbocycles. The molecule has 0 saturated heterocycles. The highest BCUT2D eigenvalue weighted by Gasteiger charge is 2.26. The number of fused-ring (bicyclic) bond motifs is 2. The maximum absolute atomic E-state index is 13.3. The van der Waals surface area contributed by atoms with Crippen LogP contribution >= 0.6 is 0 Å². The standard InChI is InChI=1S/C24H21N5O4/c1-31-14-9-10-19(32-2)18(12-14)29-22(25)20(24(30)26-13-15-6-5-11-33-15)21-23(29)28-17-8-4-3-7-16(17)27-21/h3-12H,13,25H2,1-2H3,(H,26,30). The number of anilines is 1. The number of ether oxygens (including phenoxy) is 2. The van der Waals surface area contributed by atoms with E-state index in [1.165, 1.54) is 0 Å². The minimum Gasteiger partial charge on any atom is -0.497 e. The first-order chi connectivity index (χ1) is 16.1. The molecular weight excluding hydrogens is 422 g/mol. The molecule has 3 N–H and O–H groups in total. The first-order valence-electron chi connectivity index (χ1n) is 10.2. The van der Waals surface area contributed by atoms with E-state index in [1.807, 2.05) is 24.3 Å². The number of carbonyl (C=O) groups is 1. The normalized spacial score (nSPS) is 11.1. The summed E-state index contributed by atoms with van der Waals surface area (Å²) >= 11 is 0. The summed E-state index contributed by atoms with van der Waals surface area (Å²) in [5, 5.41) is 2.85. The quantitative estimate of drug-likeness (QED) is 0.411. The fourth-order valence-electron chi connectivity index (χ4n) is 3.77. The number of carbonyl (C=O) groups excluding carboxylic acids is 1. The third kappa shape index (κ3) is 3.49. The molecule has 0 atom stereocenters. The molecule has 9 nitrogen and oxygen atoms in total. The Labute approximate surface area is 188 Å². The number of hydrogen-bond acceptors (Lipinski definition) is 7. The van der Waals surface area contributed by atoms with Gasteiger partial charge >= 0.3 is 0 Å². The summed E-state index contributed by atoms with van der Waals surface area (Å²) in [6.45, 7) is 0.210. The molecular formula is C24H21N5O4. The van der Waals surface area contributed by atoms with Crippen molar-refractivity contribution in [3.8, 4) is 17.2 Å². The number of aromatic nitrogens is 3. The number of rotatable bonds is 6. The summed E-state index contributed by atoms with van der Waals surface area (Å²) in [5.74, 6) is 1.56. The summed E-state index contributed by atoms with van der Waals surface area (Å²) in [4.78, 5) is 22.8. The third-order valence-corrected chi connectivity index (χ3v) is 5.36. The van der Waals surface area contributed by atoms with Crippen LogP contribution in [0, 0.1) is 0 Å². The van der Waals surface area contributed by atoms with E-state index >= 15 is 0 Å². The van der Waals surface area contributed by atoms with Gasteiger partial charge in [-0.05, 0) is 36.4 Å². The van der Waals surface area contributed by atoms with Gasteiger partial charge in [0.1, 0.15) is 34.2 Å². The van der Waals surface area contributed by atoms with Crippen LogP contribution in [0.2, 0.25) is 0 Å². The SMILES string of the molecule is COc1ccc(OC)c(-n2c(N)c(C(=O)NCc3ccco3)c3nc4ccccc4nc32)c1. The van der Waals surface area contributed by atoms with Crippen LogP contribution in [0.3, 0.4) is 0 Å². The Balaban J connectivity index is 1.75. The van der Waals surface area contributed by atoms with Crippen LogP contribution in [-0.4, -0.2) is 34.7 Å². The number of methoxy groups -OCH3 is 2. The Hall–Kier alpha value is -4.53. The first kappa shape index (κ1) is 20.4. The zero-order valence-electron chi connectivity index (χ0n) is 18.0. The van der Waals surface area contributed by atoms with E-state index in [1.54, 1.807) is 55.4 Å². The van der Waals surface area contributed by atoms with Crippen LogP contribution in [0.4, 0.5) is 5.82 Å². The van der Waals surface area contributed by atoms with E-state index < -0.39 is 0 Å². The lowest BCUT2D eigenvalue weighted by Crippen LogP contribution is -2.23. The molecule has 0 spiro atoms. The molecule has 0 fully saturated rings. The number of nitrogens with one attached hydrogen (secondary N) is 1. The molecule has 5 aromatic rings. The Bertz CT molecular complexity index is 1470. The predicted molar refractivity (Wildman–Crippen MR) is 124 cm³/mol. The number of furan rings is 1.